The first kappa shape index (κ1) is 16.6. The standard InChI is InChI=1S/C17H28ClN3/c1-13(19-2)16-6-5-15(11-17(16)18)21(4)12-14-7-9-20(3)10-8-14/h5-6,11,13-14,19H,7-10,12H2,1-4H3. The van der Waals surface area contributed by atoms with Gasteiger partial charge in [0.25, 0.3) is 0 Å². The first-order valence-corrected chi connectivity index (χ1v) is 8.25. The van der Waals surface area contributed by atoms with Crippen molar-refractivity contribution < 1.29 is 0 Å². The maximum atomic E-state index is 6.44. The maximum absolute atomic E-state index is 6.44. The number of nitrogens with zero attached hydrogens (tertiary/aromatic N) is 2. The van der Waals surface area contributed by atoms with Crippen molar-refractivity contribution in [2.45, 2.75) is 25.8 Å². The molecule has 0 radical (unpaired) electrons. The molecule has 0 amide bonds. The molecule has 0 aromatic heterocycles. The van der Waals surface area contributed by atoms with E-state index in [1.54, 1.807) is 0 Å². The Bertz CT molecular complexity index is 455. The summed E-state index contributed by atoms with van der Waals surface area (Å²) in [6.45, 7) is 5.68. The highest BCUT2D eigenvalue weighted by Crippen LogP contribution is 2.28. The summed E-state index contributed by atoms with van der Waals surface area (Å²) in [6, 6.07) is 6.71. The van der Waals surface area contributed by atoms with E-state index in [0.29, 0.717) is 0 Å². The molecule has 0 spiro atoms. The molecule has 0 bridgehead atoms. The van der Waals surface area contributed by atoms with Gasteiger partial charge in [-0.05, 0) is 70.6 Å². The third kappa shape index (κ3) is 4.35. The lowest BCUT2D eigenvalue weighted by Crippen LogP contribution is -2.35. The Morgan fingerprint density at radius 1 is 1.38 bits per heavy atom. The fraction of sp³-hybridized carbons (Fsp3) is 0.647. The fourth-order valence-electron chi connectivity index (χ4n) is 3.00. The van der Waals surface area contributed by atoms with Crippen LogP contribution >= 0.6 is 11.6 Å². The van der Waals surface area contributed by atoms with Crippen LogP contribution in [0.1, 0.15) is 31.4 Å². The van der Waals surface area contributed by atoms with Crippen LogP contribution in [0.3, 0.4) is 0 Å². The molecular formula is C17H28ClN3. The molecule has 1 N–H and O–H groups in total. The zero-order chi connectivity index (χ0) is 15.4. The molecule has 1 aromatic carbocycles. The number of piperidine rings is 1. The highest BCUT2D eigenvalue weighted by atomic mass is 35.5. The number of anilines is 1. The van der Waals surface area contributed by atoms with Gasteiger partial charge < -0.3 is 15.1 Å². The Morgan fingerprint density at radius 3 is 2.62 bits per heavy atom. The largest absolute Gasteiger partial charge is 0.374 e. The summed E-state index contributed by atoms with van der Waals surface area (Å²) in [6.07, 6.45) is 2.59. The smallest absolute Gasteiger partial charge is 0.0474 e. The summed E-state index contributed by atoms with van der Waals surface area (Å²) < 4.78 is 0. The van der Waals surface area contributed by atoms with E-state index >= 15 is 0 Å². The average Bonchev–Trinajstić information content (AvgIpc) is 2.48. The Kier molecular flexibility index (Phi) is 5.91. The lowest BCUT2D eigenvalue weighted by Gasteiger charge is -2.32. The van der Waals surface area contributed by atoms with E-state index in [2.05, 4.69) is 54.3 Å². The van der Waals surface area contributed by atoms with Gasteiger partial charge in [0.05, 0.1) is 0 Å². The van der Waals surface area contributed by atoms with Crippen LogP contribution in [0, 0.1) is 5.92 Å². The van der Waals surface area contributed by atoms with Gasteiger partial charge in [-0.2, -0.15) is 0 Å². The fourth-order valence-corrected chi connectivity index (χ4v) is 3.34. The molecule has 3 nitrogen and oxygen atoms in total. The van der Waals surface area contributed by atoms with Gasteiger partial charge >= 0.3 is 0 Å². The molecule has 1 atom stereocenters. The molecule has 4 heteroatoms. The predicted molar refractivity (Wildman–Crippen MR) is 92.4 cm³/mol. The lowest BCUT2D eigenvalue weighted by molar-refractivity contribution is 0.222. The van der Waals surface area contributed by atoms with Crippen LogP contribution < -0.4 is 10.2 Å². The van der Waals surface area contributed by atoms with Crippen LogP contribution in [0.4, 0.5) is 5.69 Å². The first-order valence-electron chi connectivity index (χ1n) is 7.87. The molecular weight excluding hydrogens is 282 g/mol. The van der Waals surface area contributed by atoms with Crippen molar-refractivity contribution in [3.05, 3.63) is 28.8 Å². The van der Waals surface area contributed by atoms with Crippen molar-refractivity contribution >= 4 is 17.3 Å². The first-order chi connectivity index (χ1) is 10.0. The van der Waals surface area contributed by atoms with Crippen LogP contribution in [-0.4, -0.2) is 45.7 Å². The monoisotopic (exact) mass is 309 g/mol. The number of likely N-dealkylation sites (tertiary alicyclic amines) is 1. The minimum absolute atomic E-state index is 0.283. The van der Waals surface area contributed by atoms with Crippen molar-refractivity contribution in [3.8, 4) is 0 Å². The Morgan fingerprint density at radius 2 is 2.05 bits per heavy atom. The number of nitrogens with one attached hydrogen (secondary N) is 1. The SMILES string of the molecule is CNC(C)c1ccc(N(C)CC2CCN(C)CC2)cc1Cl. The molecule has 1 aliphatic heterocycles. The second-order valence-corrected chi connectivity index (χ2v) is 6.75. The van der Waals surface area contributed by atoms with Crippen molar-refractivity contribution in [1.29, 1.82) is 0 Å². The number of halogens is 1. The highest BCUT2D eigenvalue weighted by Gasteiger charge is 2.19. The summed E-state index contributed by atoms with van der Waals surface area (Å²) in [5.41, 5.74) is 2.38. The van der Waals surface area contributed by atoms with Crippen LogP contribution in [-0.2, 0) is 0 Å². The van der Waals surface area contributed by atoms with Crippen LogP contribution in [0.2, 0.25) is 5.02 Å². The lowest BCUT2D eigenvalue weighted by atomic mass is 9.96. The number of hydrogen-bond donors (Lipinski definition) is 1. The Labute approximate surface area is 134 Å². The van der Waals surface area contributed by atoms with Gasteiger partial charge in [0.1, 0.15) is 0 Å². The third-order valence-corrected chi connectivity index (χ3v) is 5.02. The summed E-state index contributed by atoms with van der Waals surface area (Å²) in [7, 11) is 6.34. The second-order valence-electron chi connectivity index (χ2n) is 6.34. The van der Waals surface area contributed by atoms with Crippen LogP contribution in [0.5, 0.6) is 0 Å². The van der Waals surface area contributed by atoms with Crippen molar-refractivity contribution in [2.75, 3.05) is 45.7 Å². The van der Waals surface area contributed by atoms with Crippen molar-refractivity contribution in [3.63, 3.8) is 0 Å². The number of benzene rings is 1. The Balaban J connectivity index is 1.99. The summed E-state index contributed by atoms with van der Waals surface area (Å²) in [5.74, 6) is 0.792. The van der Waals surface area contributed by atoms with Gasteiger partial charge in [0.2, 0.25) is 0 Å². The molecule has 0 aliphatic carbocycles. The second kappa shape index (κ2) is 7.48. The van der Waals surface area contributed by atoms with E-state index in [1.807, 2.05) is 7.05 Å². The van der Waals surface area contributed by atoms with Gasteiger partial charge in [-0.1, -0.05) is 17.7 Å². The van der Waals surface area contributed by atoms with Gasteiger partial charge in [-0.15, -0.1) is 0 Å². The quantitative estimate of drug-likeness (QED) is 0.899. The molecule has 1 heterocycles. The zero-order valence-electron chi connectivity index (χ0n) is 13.7. The predicted octanol–water partition coefficient (Wildman–Crippen LogP) is 3.40. The van der Waals surface area contributed by atoms with Crippen molar-refractivity contribution in [2.24, 2.45) is 5.92 Å². The van der Waals surface area contributed by atoms with Gasteiger partial charge in [0, 0.05) is 30.3 Å². The molecule has 1 saturated heterocycles. The Hall–Kier alpha value is -0.770. The summed E-state index contributed by atoms with van der Waals surface area (Å²) in [4.78, 5) is 4.76. The topological polar surface area (TPSA) is 18.5 Å². The molecule has 0 saturated carbocycles. The zero-order valence-corrected chi connectivity index (χ0v) is 14.5. The molecule has 1 aromatic rings. The van der Waals surface area contributed by atoms with E-state index in [4.69, 9.17) is 11.6 Å². The third-order valence-electron chi connectivity index (χ3n) is 4.69. The van der Waals surface area contributed by atoms with Crippen LogP contribution in [0.15, 0.2) is 18.2 Å². The number of hydrogen-bond acceptors (Lipinski definition) is 3. The van der Waals surface area contributed by atoms with E-state index in [9.17, 15) is 0 Å². The van der Waals surface area contributed by atoms with E-state index in [-0.39, 0.29) is 6.04 Å². The normalized spacial score (nSPS) is 18.7. The van der Waals surface area contributed by atoms with E-state index in [0.717, 1.165) is 23.0 Å². The van der Waals surface area contributed by atoms with Crippen molar-refractivity contribution in [1.82, 2.24) is 10.2 Å². The molecule has 118 valence electrons. The van der Waals surface area contributed by atoms with E-state index < -0.39 is 0 Å². The minimum Gasteiger partial charge on any atom is -0.374 e. The minimum atomic E-state index is 0.283. The van der Waals surface area contributed by atoms with E-state index in [1.165, 1.54) is 31.6 Å². The molecule has 1 fully saturated rings. The summed E-state index contributed by atoms with van der Waals surface area (Å²) >= 11 is 6.44. The molecule has 21 heavy (non-hydrogen) atoms. The average molecular weight is 310 g/mol. The van der Waals surface area contributed by atoms with Gasteiger partial charge in [0.15, 0.2) is 0 Å². The summed E-state index contributed by atoms with van der Waals surface area (Å²) in [5, 5.41) is 4.09. The number of rotatable bonds is 5. The van der Waals surface area contributed by atoms with Crippen LogP contribution in [0.25, 0.3) is 0 Å². The molecule has 1 unspecified atom stereocenters. The molecule has 2 rings (SSSR count). The van der Waals surface area contributed by atoms with Gasteiger partial charge in [-0.3, -0.25) is 0 Å². The highest BCUT2D eigenvalue weighted by molar-refractivity contribution is 6.31. The maximum Gasteiger partial charge on any atom is 0.0474 e. The van der Waals surface area contributed by atoms with Gasteiger partial charge in [-0.25, -0.2) is 0 Å². The molecule has 1 aliphatic rings.